The Labute approximate surface area is 82.6 Å². The second-order valence-electron chi connectivity index (χ2n) is 2.67. The van der Waals surface area contributed by atoms with Crippen LogP contribution in [0.4, 0.5) is 0 Å². The number of hydrogen-bond donors (Lipinski definition) is 0. The summed E-state index contributed by atoms with van der Waals surface area (Å²) in [6.45, 7) is 1.99. The lowest BCUT2D eigenvalue weighted by Gasteiger charge is -2.24. The molecule has 2 unspecified atom stereocenters. The molecule has 0 aliphatic carbocycles. The monoisotopic (exact) mass is 202 g/mol. The van der Waals surface area contributed by atoms with Crippen molar-refractivity contribution in [2.24, 2.45) is 0 Å². The van der Waals surface area contributed by atoms with E-state index in [0.717, 1.165) is 0 Å². The zero-order valence-electron chi connectivity index (χ0n) is 8.48. The highest BCUT2D eigenvalue weighted by Crippen LogP contribution is 2.26. The van der Waals surface area contributed by atoms with Crippen LogP contribution in [0.1, 0.15) is 6.92 Å². The van der Waals surface area contributed by atoms with Gasteiger partial charge in [0.15, 0.2) is 6.29 Å². The van der Waals surface area contributed by atoms with Gasteiger partial charge in [0.2, 0.25) is 0 Å². The molecular formula is C9H14O5. The van der Waals surface area contributed by atoms with Crippen LogP contribution in [0.3, 0.4) is 0 Å². The van der Waals surface area contributed by atoms with Crippen LogP contribution in [0.15, 0.2) is 12.2 Å². The summed E-state index contributed by atoms with van der Waals surface area (Å²) in [5.74, 6) is -2.02. The van der Waals surface area contributed by atoms with E-state index in [4.69, 9.17) is 18.9 Å². The Bertz CT molecular complexity index is 237. The molecule has 0 saturated carbocycles. The maximum absolute atomic E-state index is 11.5. The third kappa shape index (κ3) is 1.95. The predicted molar refractivity (Wildman–Crippen MR) is 47.4 cm³/mol. The molecule has 0 aromatic rings. The lowest BCUT2D eigenvalue weighted by molar-refractivity contribution is -0.249. The van der Waals surface area contributed by atoms with Crippen LogP contribution in [0.5, 0.6) is 0 Å². The minimum Gasteiger partial charge on any atom is -0.462 e. The molecule has 0 N–H and O–H groups in total. The molecule has 0 saturated heterocycles. The molecule has 2 atom stereocenters. The van der Waals surface area contributed by atoms with E-state index in [1.807, 2.05) is 0 Å². The van der Waals surface area contributed by atoms with Gasteiger partial charge in [0.05, 0.1) is 6.61 Å². The van der Waals surface area contributed by atoms with Crippen LogP contribution < -0.4 is 0 Å². The van der Waals surface area contributed by atoms with Gasteiger partial charge in [0, 0.05) is 14.2 Å². The van der Waals surface area contributed by atoms with Gasteiger partial charge in [-0.25, -0.2) is 4.79 Å². The van der Waals surface area contributed by atoms with Gasteiger partial charge in [-0.15, -0.1) is 0 Å². The number of methoxy groups -OCH3 is 2. The molecule has 0 aromatic heterocycles. The molecule has 1 heterocycles. The van der Waals surface area contributed by atoms with Gasteiger partial charge < -0.3 is 18.9 Å². The van der Waals surface area contributed by atoms with Gasteiger partial charge in [-0.1, -0.05) is 0 Å². The first-order valence-electron chi connectivity index (χ1n) is 4.31. The molecule has 14 heavy (non-hydrogen) atoms. The quantitative estimate of drug-likeness (QED) is 0.489. The second-order valence-corrected chi connectivity index (χ2v) is 2.67. The normalized spacial score (nSPS) is 30.6. The summed E-state index contributed by atoms with van der Waals surface area (Å²) in [4.78, 5) is 11.5. The van der Waals surface area contributed by atoms with Crippen molar-refractivity contribution in [1.82, 2.24) is 0 Å². The summed E-state index contributed by atoms with van der Waals surface area (Å²) in [7, 11) is 2.85. The number of carbonyl (C=O) groups excluding carboxylic acids is 1. The van der Waals surface area contributed by atoms with E-state index in [1.165, 1.54) is 20.3 Å². The largest absolute Gasteiger partial charge is 0.462 e. The van der Waals surface area contributed by atoms with Crippen molar-refractivity contribution < 1.29 is 23.7 Å². The number of ether oxygens (including phenoxy) is 4. The fourth-order valence-electron chi connectivity index (χ4n) is 1.13. The van der Waals surface area contributed by atoms with E-state index in [1.54, 1.807) is 13.0 Å². The maximum atomic E-state index is 11.5. The fourth-order valence-corrected chi connectivity index (χ4v) is 1.13. The van der Waals surface area contributed by atoms with E-state index in [2.05, 4.69) is 0 Å². The first-order chi connectivity index (χ1) is 6.68. The van der Waals surface area contributed by atoms with Gasteiger partial charge in [0.25, 0.3) is 5.79 Å². The Hall–Kier alpha value is -0.910. The smallest absolute Gasteiger partial charge is 0.371 e. The Balaban J connectivity index is 2.70. The van der Waals surface area contributed by atoms with Crippen molar-refractivity contribution in [3.05, 3.63) is 12.2 Å². The van der Waals surface area contributed by atoms with E-state index < -0.39 is 18.0 Å². The van der Waals surface area contributed by atoms with E-state index in [9.17, 15) is 4.79 Å². The average molecular weight is 202 g/mol. The highest BCUT2D eigenvalue weighted by molar-refractivity contribution is 5.80. The number of rotatable bonds is 4. The van der Waals surface area contributed by atoms with Crippen molar-refractivity contribution in [1.29, 1.82) is 0 Å². The topological polar surface area (TPSA) is 54.0 Å². The predicted octanol–water partition coefficient (Wildman–Crippen LogP) is 0.451. The molecule has 5 heteroatoms. The van der Waals surface area contributed by atoms with Gasteiger partial charge in [0.1, 0.15) is 0 Å². The van der Waals surface area contributed by atoms with Crippen LogP contribution in [0, 0.1) is 0 Å². The average Bonchev–Trinajstić information content (AvgIpc) is 2.63. The van der Waals surface area contributed by atoms with Gasteiger partial charge in [-0.05, 0) is 19.1 Å². The fraction of sp³-hybridized carbons (Fsp3) is 0.667. The zero-order chi connectivity index (χ0) is 10.6. The lowest BCUT2D eigenvalue weighted by atomic mass is 10.3. The van der Waals surface area contributed by atoms with Crippen LogP contribution in [0.2, 0.25) is 0 Å². The molecule has 5 nitrogen and oxygen atoms in total. The molecule has 0 aromatic carbocycles. The minimum absolute atomic E-state index is 0.277. The molecule has 80 valence electrons. The Kier molecular flexibility index (Phi) is 3.62. The highest BCUT2D eigenvalue weighted by Gasteiger charge is 2.45. The molecule has 0 radical (unpaired) electrons. The van der Waals surface area contributed by atoms with E-state index in [0.29, 0.717) is 0 Å². The summed E-state index contributed by atoms with van der Waals surface area (Å²) in [6, 6.07) is 0. The first kappa shape index (κ1) is 11.2. The maximum Gasteiger partial charge on any atom is 0.371 e. The van der Waals surface area contributed by atoms with E-state index in [-0.39, 0.29) is 6.61 Å². The molecule has 1 aliphatic heterocycles. The second kappa shape index (κ2) is 4.54. The molecule has 1 aliphatic rings. The Morgan fingerprint density at radius 3 is 2.71 bits per heavy atom. The highest BCUT2D eigenvalue weighted by atomic mass is 16.8. The summed E-state index contributed by atoms with van der Waals surface area (Å²) in [6.07, 6.45) is 2.51. The zero-order valence-corrected chi connectivity index (χ0v) is 8.48. The number of hydrogen-bond acceptors (Lipinski definition) is 5. The standard InChI is InChI=1S/C9H14O5/c1-4-13-8(10)9(12-3)6-5-7(11-2)14-9/h5-7H,4H2,1-3H3. The van der Waals surface area contributed by atoms with Crippen molar-refractivity contribution in [2.45, 2.75) is 19.0 Å². The Morgan fingerprint density at radius 2 is 2.29 bits per heavy atom. The number of esters is 1. The molecule has 0 spiro atoms. The van der Waals surface area contributed by atoms with Crippen LogP contribution in [-0.4, -0.2) is 38.9 Å². The summed E-state index contributed by atoms with van der Waals surface area (Å²) in [5, 5.41) is 0. The van der Waals surface area contributed by atoms with E-state index >= 15 is 0 Å². The van der Waals surface area contributed by atoms with Crippen LogP contribution in [-0.2, 0) is 23.7 Å². The van der Waals surface area contributed by atoms with Gasteiger partial charge in [-0.2, -0.15) is 0 Å². The summed E-state index contributed by atoms with van der Waals surface area (Å²) >= 11 is 0. The van der Waals surface area contributed by atoms with Crippen LogP contribution in [0.25, 0.3) is 0 Å². The number of carbonyl (C=O) groups is 1. The molecule has 0 fully saturated rings. The summed E-state index contributed by atoms with van der Waals surface area (Å²) < 4.78 is 19.9. The third-order valence-corrected chi connectivity index (χ3v) is 1.86. The van der Waals surface area contributed by atoms with Crippen molar-refractivity contribution in [3.63, 3.8) is 0 Å². The molecular weight excluding hydrogens is 188 g/mol. The lowest BCUT2D eigenvalue weighted by Crippen LogP contribution is -2.42. The molecule has 0 amide bonds. The molecule has 1 rings (SSSR count). The van der Waals surface area contributed by atoms with Crippen molar-refractivity contribution in [3.8, 4) is 0 Å². The Morgan fingerprint density at radius 1 is 1.57 bits per heavy atom. The van der Waals surface area contributed by atoms with Crippen molar-refractivity contribution in [2.75, 3.05) is 20.8 Å². The molecule has 0 bridgehead atoms. The SMILES string of the molecule is CCOC(=O)C1(OC)C=CC(OC)O1. The third-order valence-electron chi connectivity index (χ3n) is 1.86. The summed E-state index contributed by atoms with van der Waals surface area (Å²) in [5.41, 5.74) is 0. The first-order valence-corrected chi connectivity index (χ1v) is 4.31. The van der Waals surface area contributed by atoms with Crippen LogP contribution >= 0.6 is 0 Å². The van der Waals surface area contributed by atoms with Crippen molar-refractivity contribution >= 4 is 5.97 Å². The van der Waals surface area contributed by atoms with Gasteiger partial charge >= 0.3 is 5.97 Å². The van der Waals surface area contributed by atoms with Gasteiger partial charge in [-0.3, -0.25) is 0 Å². The minimum atomic E-state index is -1.45.